The Morgan fingerprint density at radius 1 is 0.963 bits per heavy atom. The van der Waals surface area contributed by atoms with Gasteiger partial charge in [-0.05, 0) is 68.3 Å². The van der Waals surface area contributed by atoms with Crippen LogP contribution in [-0.2, 0) is 12.8 Å². The van der Waals surface area contributed by atoms with Crippen molar-refractivity contribution < 1.29 is 0 Å². The van der Waals surface area contributed by atoms with Crippen LogP contribution < -0.4 is 0 Å². The van der Waals surface area contributed by atoms with Crippen LogP contribution in [0.4, 0.5) is 0 Å². The second-order valence-electron chi connectivity index (χ2n) is 7.31. The van der Waals surface area contributed by atoms with Crippen molar-refractivity contribution in [1.29, 1.82) is 5.26 Å². The molecule has 144 valence electrons. The van der Waals surface area contributed by atoms with Crippen LogP contribution in [0.15, 0.2) is 54.6 Å². The minimum Gasteiger partial charge on any atom is -0.306 e. The zero-order chi connectivity index (χ0) is 19.5. The molecule has 1 fully saturated rings. The maximum atomic E-state index is 7.32. The van der Waals surface area contributed by atoms with Crippen LogP contribution in [0.5, 0.6) is 0 Å². The molecule has 2 aromatic rings. The highest BCUT2D eigenvalue weighted by Gasteiger charge is 2.29. The Morgan fingerprint density at radius 2 is 1.59 bits per heavy atom. The third-order valence-corrected chi connectivity index (χ3v) is 6.32. The van der Waals surface area contributed by atoms with E-state index in [4.69, 9.17) is 5.26 Å². The van der Waals surface area contributed by atoms with Crippen molar-refractivity contribution in [1.82, 2.24) is 4.90 Å². The molecule has 0 aromatic heterocycles. The van der Waals surface area contributed by atoms with Crippen molar-refractivity contribution in [2.45, 2.75) is 49.8 Å². The average Bonchev–Trinajstić information content (AvgIpc) is 2.68. The molecule has 2 aromatic carbocycles. The topological polar surface area (TPSA) is 27.0 Å². The van der Waals surface area contributed by atoms with E-state index in [1.807, 2.05) is 0 Å². The van der Waals surface area contributed by atoms with Crippen LogP contribution in [0.1, 0.15) is 48.8 Å². The van der Waals surface area contributed by atoms with Gasteiger partial charge in [0.1, 0.15) is 0 Å². The Hall–Kier alpha value is -1.63. The van der Waals surface area contributed by atoms with Crippen molar-refractivity contribution in [3.63, 3.8) is 0 Å². The van der Waals surface area contributed by atoms with E-state index in [1.54, 1.807) is 6.07 Å². The molecule has 27 heavy (non-hydrogen) atoms. The summed E-state index contributed by atoms with van der Waals surface area (Å²) in [6.07, 6.45) is 6.21. The van der Waals surface area contributed by atoms with Gasteiger partial charge in [0.05, 0.1) is 6.07 Å². The molecular weight excluding hydrogens is 396 g/mol. The molecule has 1 aliphatic rings. The van der Waals surface area contributed by atoms with E-state index < -0.39 is 0 Å². The van der Waals surface area contributed by atoms with Gasteiger partial charge in [-0.1, -0.05) is 70.5 Å². The van der Waals surface area contributed by atoms with Crippen LogP contribution in [0, 0.1) is 11.3 Å². The number of aryl methyl sites for hydroxylation is 1. The predicted octanol–water partition coefficient (Wildman–Crippen LogP) is 5.96. The second-order valence-corrected chi connectivity index (χ2v) is 8.48. The van der Waals surface area contributed by atoms with Gasteiger partial charge in [-0.15, -0.1) is 0 Å². The largest absolute Gasteiger partial charge is 0.306 e. The van der Waals surface area contributed by atoms with Crippen LogP contribution in [0.3, 0.4) is 0 Å². The Morgan fingerprint density at radius 3 is 2.15 bits per heavy atom. The molecule has 2 unspecified atom stereocenters. The normalized spacial score (nSPS) is 18.2. The van der Waals surface area contributed by atoms with Gasteiger partial charge in [0, 0.05) is 18.3 Å². The summed E-state index contributed by atoms with van der Waals surface area (Å²) in [6, 6.07) is 21.9. The van der Waals surface area contributed by atoms with Gasteiger partial charge in [0.15, 0.2) is 0 Å². The molecule has 0 aliphatic heterocycles. The molecular formula is C24H31BrN2. The molecule has 3 rings (SSSR count). The summed E-state index contributed by atoms with van der Waals surface area (Å²) in [6.45, 7) is 3.73. The summed E-state index contributed by atoms with van der Waals surface area (Å²) in [5.74, 6) is 0.739. The Labute approximate surface area is 173 Å². The summed E-state index contributed by atoms with van der Waals surface area (Å²) in [5, 5.41) is 7.32. The first-order valence-electron chi connectivity index (χ1n) is 9.90. The number of alkyl halides is 1. The van der Waals surface area contributed by atoms with Gasteiger partial charge >= 0.3 is 0 Å². The first-order valence-corrected chi connectivity index (χ1v) is 10.8. The summed E-state index contributed by atoms with van der Waals surface area (Å²) >= 11 is 3.77. The van der Waals surface area contributed by atoms with Gasteiger partial charge in [-0.25, -0.2) is 0 Å². The van der Waals surface area contributed by atoms with E-state index in [0.717, 1.165) is 18.9 Å². The molecule has 0 heterocycles. The van der Waals surface area contributed by atoms with Gasteiger partial charge in [0.2, 0.25) is 0 Å². The van der Waals surface area contributed by atoms with Crippen molar-refractivity contribution in [2.75, 3.05) is 20.1 Å². The molecule has 1 aliphatic carbocycles. The lowest BCUT2D eigenvalue weighted by Crippen LogP contribution is -2.23. The van der Waals surface area contributed by atoms with E-state index in [2.05, 4.69) is 82.5 Å². The molecule has 0 N–H and O–H groups in total. The lowest BCUT2D eigenvalue weighted by Gasteiger charge is -2.32. The van der Waals surface area contributed by atoms with Crippen molar-refractivity contribution in [3.8, 4) is 6.07 Å². The molecule has 3 heteroatoms. The lowest BCUT2D eigenvalue weighted by atomic mass is 9.79. The van der Waals surface area contributed by atoms with Crippen molar-refractivity contribution in [3.05, 3.63) is 71.3 Å². The average molecular weight is 427 g/mol. The summed E-state index contributed by atoms with van der Waals surface area (Å²) < 4.78 is 0. The molecule has 0 spiro atoms. The number of hydrogen-bond donors (Lipinski definition) is 0. The maximum Gasteiger partial charge on any atom is 0.0587 e. The summed E-state index contributed by atoms with van der Waals surface area (Å²) in [7, 11) is 2.23. The minimum atomic E-state index is 0.696. The molecule has 0 bridgehead atoms. The highest BCUT2D eigenvalue weighted by atomic mass is 79.9. The predicted molar refractivity (Wildman–Crippen MR) is 118 cm³/mol. The Bertz CT molecular complexity index is 691. The lowest BCUT2D eigenvalue weighted by molar-refractivity contribution is 0.333. The SMILES string of the molecule is CC#N.CN(CCCc1ccc(C2CCC2Br)cc1)CCc1ccccc1. The molecule has 0 radical (unpaired) electrons. The van der Waals surface area contributed by atoms with Crippen molar-refractivity contribution >= 4 is 15.9 Å². The summed E-state index contributed by atoms with van der Waals surface area (Å²) in [4.78, 5) is 3.15. The zero-order valence-corrected chi connectivity index (χ0v) is 18.2. The number of nitrogens with zero attached hydrogens (tertiary/aromatic N) is 2. The van der Waals surface area contributed by atoms with E-state index in [0.29, 0.717) is 4.83 Å². The number of hydrogen-bond acceptors (Lipinski definition) is 2. The number of rotatable bonds is 8. The van der Waals surface area contributed by atoms with Crippen LogP contribution in [0.2, 0.25) is 0 Å². The van der Waals surface area contributed by atoms with E-state index >= 15 is 0 Å². The second kappa shape index (κ2) is 12.0. The molecule has 2 nitrogen and oxygen atoms in total. The van der Waals surface area contributed by atoms with Crippen LogP contribution in [-0.4, -0.2) is 29.9 Å². The molecule has 0 amide bonds. The smallest absolute Gasteiger partial charge is 0.0587 e. The third-order valence-electron chi connectivity index (χ3n) is 5.23. The standard InChI is InChI=1S/C22H28BrN.C2H3N/c1-24(17-15-18-6-3-2-4-7-18)16-5-8-19-9-11-20(12-10-19)21-13-14-22(21)23;1-2-3/h2-4,6-7,9-12,21-22H,5,8,13-17H2,1H3;1H3. The fraction of sp³-hybridized carbons (Fsp3) is 0.458. The number of benzene rings is 2. The zero-order valence-electron chi connectivity index (χ0n) is 16.6. The van der Waals surface area contributed by atoms with Crippen LogP contribution >= 0.6 is 15.9 Å². The van der Waals surface area contributed by atoms with Gasteiger partial charge < -0.3 is 4.90 Å². The maximum absolute atomic E-state index is 7.32. The fourth-order valence-corrected chi connectivity index (χ4v) is 4.23. The van der Waals surface area contributed by atoms with E-state index in [-0.39, 0.29) is 0 Å². The van der Waals surface area contributed by atoms with Crippen molar-refractivity contribution in [2.24, 2.45) is 0 Å². The minimum absolute atomic E-state index is 0.696. The number of nitriles is 1. The molecule has 0 saturated heterocycles. The molecule has 2 atom stereocenters. The van der Waals surface area contributed by atoms with Gasteiger partial charge in [0.25, 0.3) is 0 Å². The first kappa shape index (κ1) is 21.7. The fourth-order valence-electron chi connectivity index (χ4n) is 3.40. The van der Waals surface area contributed by atoms with E-state index in [1.165, 1.54) is 55.8 Å². The number of halogens is 1. The van der Waals surface area contributed by atoms with Crippen LogP contribution in [0.25, 0.3) is 0 Å². The number of likely N-dealkylation sites (N-methyl/N-ethyl adjacent to an activating group) is 1. The van der Waals surface area contributed by atoms with Gasteiger partial charge in [-0.2, -0.15) is 5.26 Å². The monoisotopic (exact) mass is 426 g/mol. The Balaban J connectivity index is 0.000000817. The molecule has 1 saturated carbocycles. The Kier molecular flexibility index (Phi) is 9.59. The third kappa shape index (κ3) is 7.48. The summed E-state index contributed by atoms with van der Waals surface area (Å²) in [5.41, 5.74) is 4.41. The highest BCUT2D eigenvalue weighted by Crippen LogP contribution is 2.41. The first-order chi connectivity index (χ1) is 13.1. The van der Waals surface area contributed by atoms with Gasteiger partial charge in [-0.3, -0.25) is 0 Å². The highest BCUT2D eigenvalue weighted by molar-refractivity contribution is 9.09. The van der Waals surface area contributed by atoms with E-state index in [9.17, 15) is 0 Å². The quantitative estimate of drug-likeness (QED) is 0.486.